The molecule has 1 fully saturated rings. The second-order valence-electron chi connectivity index (χ2n) is 12.9. The van der Waals surface area contributed by atoms with E-state index in [1.54, 1.807) is 10.8 Å². The number of carbonyl (C=O) groups excluding carboxylic acids is 5. The van der Waals surface area contributed by atoms with Gasteiger partial charge in [0.2, 0.25) is 17.7 Å². The predicted molar refractivity (Wildman–Crippen MR) is 188 cm³/mol. The molecule has 2 aromatic heterocycles. The van der Waals surface area contributed by atoms with E-state index in [0.29, 0.717) is 35.9 Å². The van der Waals surface area contributed by atoms with Crippen molar-refractivity contribution in [1.82, 2.24) is 35.7 Å². The third-order valence-electron chi connectivity index (χ3n) is 8.73. The fraction of sp³-hybridized carbons (Fsp3) is 0.514. The van der Waals surface area contributed by atoms with Crippen LogP contribution >= 0.6 is 22.7 Å². The zero-order valence-electron chi connectivity index (χ0n) is 28.1. The van der Waals surface area contributed by atoms with Crippen molar-refractivity contribution in [2.75, 3.05) is 32.7 Å². The molecule has 2 aliphatic heterocycles. The summed E-state index contributed by atoms with van der Waals surface area (Å²) >= 11 is 2.59. The number of nitrogens with zero attached hydrogens (tertiary/aromatic N) is 4. The van der Waals surface area contributed by atoms with Gasteiger partial charge in [-0.2, -0.15) is 0 Å². The molecule has 12 nitrogen and oxygen atoms in total. The zero-order valence-corrected chi connectivity index (χ0v) is 29.7. The molecule has 0 aliphatic carbocycles. The Morgan fingerprint density at radius 1 is 0.796 bits per heavy atom. The van der Waals surface area contributed by atoms with Crippen LogP contribution in [0.15, 0.2) is 41.1 Å². The maximum atomic E-state index is 13.6. The summed E-state index contributed by atoms with van der Waals surface area (Å²) in [5, 5.41) is 13.5. The lowest BCUT2D eigenvalue weighted by molar-refractivity contribution is -0.139. The molecular weight excluding hydrogens is 663 g/mol. The van der Waals surface area contributed by atoms with Gasteiger partial charge in [0.25, 0.3) is 11.8 Å². The van der Waals surface area contributed by atoms with Crippen LogP contribution in [-0.2, 0) is 20.8 Å². The van der Waals surface area contributed by atoms with Gasteiger partial charge in [0.1, 0.15) is 21.4 Å². The molecule has 1 saturated heterocycles. The standard InChI is InChI=1S/C35H45N7O5S2/c1-23(2)31-35-39-26(21-49-35)32(46)36-15-10-18-42(30(45)14-13-29(44)41-16-8-3-4-9-17-41)20-28(43)37-25(19-24-11-6-5-7-12-24)34-38-27(22-48-34)33(47)40-31/h5-7,11-12,21-23,25,31H,3-4,8-10,13-20H2,1-2H3,(H,36,46)(H,37,43)(H,40,47)/t25-,31-/m0/s1. The third kappa shape index (κ3) is 10.2. The molecule has 0 unspecified atom stereocenters. The summed E-state index contributed by atoms with van der Waals surface area (Å²) in [5.74, 6) is -1.47. The van der Waals surface area contributed by atoms with Crippen LogP contribution in [0.3, 0.4) is 0 Å². The highest BCUT2D eigenvalue weighted by Crippen LogP contribution is 2.27. The number of nitrogens with one attached hydrogen (secondary N) is 3. The fourth-order valence-electron chi connectivity index (χ4n) is 5.98. The highest BCUT2D eigenvalue weighted by molar-refractivity contribution is 7.10. The van der Waals surface area contributed by atoms with E-state index in [0.717, 1.165) is 31.2 Å². The monoisotopic (exact) mass is 707 g/mol. The highest BCUT2D eigenvalue weighted by Gasteiger charge is 2.28. The minimum atomic E-state index is -0.549. The van der Waals surface area contributed by atoms with Gasteiger partial charge in [0, 0.05) is 49.8 Å². The normalized spacial score (nSPS) is 19.9. The van der Waals surface area contributed by atoms with E-state index in [9.17, 15) is 24.0 Å². The average Bonchev–Trinajstić information content (AvgIpc) is 3.71. The number of hydrogen-bond donors (Lipinski definition) is 3. The van der Waals surface area contributed by atoms with Crippen LogP contribution < -0.4 is 16.0 Å². The van der Waals surface area contributed by atoms with Crippen LogP contribution in [0.2, 0.25) is 0 Å². The number of amides is 5. The molecule has 3 aromatic rings. The second kappa shape index (κ2) is 17.5. The Balaban J connectivity index is 1.38. The molecule has 5 amide bonds. The Hall–Kier alpha value is -4.17. The molecule has 4 bridgehead atoms. The van der Waals surface area contributed by atoms with Crippen molar-refractivity contribution < 1.29 is 24.0 Å². The number of carbonyl (C=O) groups is 5. The Morgan fingerprint density at radius 2 is 1.41 bits per heavy atom. The molecule has 0 radical (unpaired) electrons. The van der Waals surface area contributed by atoms with E-state index in [1.807, 2.05) is 49.1 Å². The van der Waals surface area contributed by atoms with Crippen LogP contribution in [0.5, 0.6) is 0 Å². The van der Waals surface area contributed by atoms with E-state index in [2.05, 4.69) is 25.9 Å². The van der Waals surface area contributed by atoms with Crippen LogP contribution in [0, 0.1) is 5.92 Å². The van der Waals surface area contributed by atoms with Crippen LogP contribution in [-0.4, -0.2) is 82.0 Å². The van der Waals surface area contributed by atoms with Crippen LogP contribution in [0.4, 0.5) is 0 Å². The molecule has 0 saturated carbocycles. The summed E-state index contributed by atoms with van der Waals surface area (Å²) in [6, 6.07) is 8.70. The summed E-state index contributed by atoms with van der Waals surface area (Å²) in [5.41, 5.74) is 1.44. The summed E-state index contributed by atoms with van der Waals surface area (Å²) < 4.78 is 0. The average molecular weight is 708 g/mol. The minimum Gasteiger partial charge on any atom is -0.351 e. The van der Waals surface area contributed by atoms with E-state index in [-0.39, 0.29) is 79.3 Å². The Kier molecular flexibility index (Phi) is 12.9. The summed E-state index contributed by atoms with van der Waals surface area (Å²) in [4.78, 5) is 79.0. The molecule has 4 heterocycles. The third-order valence-corrected chi connectivity index (χ3v) is 10.6. The molecule has 49 heavy (non-hydrogen) atoms. The molecule has 1 aromatic carbocycles. The van der Waals surface area contributed by atoms with Crippen molar-refractivity contribution in [3.8, 4) is 0 Å². The molecule has 0 spiro atoms. The fourth-order valence-corrected chi connectivity index (χ4v) is 7.85. The highest BCUT2D eigenvalue weighted by atomic mass is 32.1. The number of benzene rings is 1. The first-order valence-electron chi connectivity index (χ1n) is 17.1. The molecule has 5 rings (SSSR count). The first-order chi connectivity index (χ1) is 23.7. The smallest absolute Gasteiger partial charge is 0.271 e. The predicted octanol–water partition coefficient (Wildman–Crippen LogP) is 4.27. The largest absolute Gasteiger partial charge is 0.351 e. The number of hydrogen-bond acceptors (Lipinski definition) is 9. The number of aromatic nitrogens is 2. The zero-order chi connectivity index (χ0) is 34.8. The number of likely N-dealkylation sites (tertiary alicyclic amines) is 1. The Bertz CT molecular complexity index is 1600. The Morgan fingerprint density at radius 3 is 2.10 bits per heavy atom. The maximum absolute atomic E-state index is 13.6. The maximum Gasteiger partial charge on any atom is 0.271 e. The van der Waals surface area contributed by atoms with Gasteiger partial charge in [-0.15, -0.1) is 22.7 Å². The molecule has 14 heteroatoms. The van der Waals surface area contributed by atoms with Gasteiger partial charge < -0.3 is 25.8 Å². The first kappa shape index (κ1) is 36.1. The Labute approximate surface area is 295 Å². The van der Waals surface area contributed by atoms with Gasteiger partial charge in [-0.1, -0.05) is 57.0 Å². The van der Waals surface area contributed by atoms with E-state index < -0.39 is 12.1 Å². The topological polar surface area (TPSA) is 154 Å². The molecule has 262 valence electrons. The number of thiazole rings is 2. The molecule has 2 aliphatic rings. The van der Waals surface area contributed by atoms with Crippen LogP contribution in [0.25, 0.3) is 0 Å². The van der Waals surface area contributed by atoms with Gasteiger partial charge in [-0.3, -0.25) is 24.0 Å². The molecule has 3 N–H and O–H groups in total. The van der Waals surface area contributed by atoms with E-state index >= 15 is 0 Å². The summed E-state index contributed by atoms with van der Waals surface area (Å²) in [7, 11) is 0. The second-order valence-corrected chi connectivity index (χ2v) is 14.6. The lowest BCUT2D eigenvalue weighted by atomic mass is 10.0. The van der Waals surface area contributed by atoms with Gasteiger partial charge in [0.15, 0.2) is 0 Å². The number of rotatable bonds is 6. The van der Waals surface area contributed by atoms with E-state index in [4.69, 9.17) is 0 Å². The lowest BCUT2D eigenvalue weighted by Gasteiger charge is -2.25. The SMILES string of the molecule is CC(C)[C@@H]1NC(=O)c2csc(n2)[C@H](Cc2ccccc2)NC(=O)CN(C(=O)CCC(=O)N2CCCCCC2)CCCNC(=O)c2csc1n2. The van der Waals surface area contributed by atoms with Crippen molar-refractivity contribution in [3.05, 3.63) is 68.1 Å². The molecule has 2 atom stereocenters. The summed E-state index contributed by atoms with van der Waals surface area (Å²) in [6.07, 6.45) is 5.04. The van der Waals surface area contributed by atoms with Crippen molar-refractivity contribution in [2.45, 2.75) is 77.3 Å². The minimum absolute atomic E-state index is 0.00786. The van der Waals surface area contributed by atoms with Crippen molar-refractivity contribution in [3.63, 3.8) is 0 Å². The van der Waals surface area contributed by atoms with Crippen molar-refractivity contribution >= 4 is 52.2 Å². The van der Waals surface area contributed by atoms with Gasteiger partial charge in [0.05, 0.1) is 18.6 Å². The van der Waals surface area contributed by atoms with Crippen LogP contribution in [0.1, 0.15) is 107 Å². The molecular formula is C35H45N7O5S2. The van der Waals surface area contributed by atoms with Crippen molar-refractivity contribution in [1.29, 1.82) is 0 Å². The first-order valence-corrected chi connectivity index (χ1v) is 18.8. The van der Waals surface area contributed by atoms with Gasteiger partial charge in [-0.25, -0.2) is 9.97 Å². The quantitative estimate of drug-likeness (QED) is 0.346. The van der Waals surface area contributed by atoms with Gasteiger partial charge in [-0.05, 0) is 37.2 Å². The van der Waals surface area contributed by atoms with Crippen molar-refractivity contribution in [2.24, 2.45) is 5.92 Å². The van der Waals surface area contributed by atoms with Gasteiger partial charge >= 0.3 is 0 Å². The van der Waals surface area contributed by atoms with E-state index in [1.165, 1.54) is 27.6 Å². The number of fused-ring (bicyclic) bond motifs is 4. The summed E-state index contributed by atoms with van der Waals surface area (Å²) in [6.45, 7) is 5.60. The lowest BCUT2D eigenvalue weighted by Crippen LogP contribution is -2.43.